The molecule has 0 fully saturated rings. The number of rotatable bonds is 2. The SMILES string of the molecule is O=C(Cc1ccccc1F)N1CCc2[nH]c(Br)cc2C1. The third-order valence-electron chi connectivity index (χ3n) is 3.60. The maximum atomic E-state index is 13.6. The summed E-state index contributed by atoms with van der Waals surface area (Å²) in [6.07, 6.45) is 0.928. The Morgan fingerprint density at radius 3 is 3.00 bits per heavy atom. The van der Waals surface area contributed by atoms with Crippen molar-refractivity contribution in [1.82, 2.24) is 9.88 Å². The van der Waals surface area contributed by atoms with Crippen LogP contribution in [0.3, 0.4) is 0 Å². The number of hydrogen-bond donors (Lipinski definition) is 1. The van der Waals surface area contributed by atoms with E-state index in [0.29, 0.717) is 18.7 Å². The van der Waals surface area contributed by atoms with Gasteiger partial charge in [-0.2, -0.15) is 0 Å². The molecule has 3 rings (SSSR count). The number of benzene rings is 1. The molecule has 2 heterocycles. The zero-order valence-electron chi connectivity index (χ0n) is 10.8. The van der Waals surface area contributed by atoms with E-state index in [9.17, 15) is 9.18 Å². The predicted molar refractivity (Wildman–Crippen MR) is 77.7 cm³/mol. The fraction of sp³-hybridized carbons (Fsp3) is 0.267. The Hall–Kier alpha value is -1.62. The number of nitrogens with zero attached hydrogens (tertiary/aromatic N) is 1. The van der Waals surface area contributed by atoms with Crippen molar-refractivity contribution in [1.29, 1.82) is 0 Å². The van der Waals surface area contributed by atoms with Crippen molar-refractivity contribution in [3.05, 3.63) is 57.6 Å². The Bertz CT molecular complexity index is 653. The molecule has 20 heavy (non-hydrogen) atoms. The first-order valence-corrected chi connectivity index (χ1v) is 7.30. The Morgan fingerprint density at radius 1 is 1.40 bits per heavy atom. The van der Waals surface area contributed by atoms with Crippen LogP contribution in [0.5, 0.6) is 0 Å². The first kappa shape index (κ1) is 13.4. The van der Waals surface area contributed by atoms with E-state index >= 15 is 0 Å². The molecule has 1 N–H and O–H groups in total. The van der Waals surface area contributed by atoms with E-state index in [4.69, 9.17) is 0 Å². The number of aromatic nitrogens is 1. The highest BCUT2D eigenvalue weighted by Crippen LogP contribution is 2.23. The molecular weight excluding hydrogens is 323 g/mol. The summed E-state index contributed by atoms with van der Waals surface area (Å²) >= 11 is 3.40. The molecule has 5 heteroatoms. The average molecular weight is 337 g/mol. The molecule has 2 aromatic rings. The highest BCUT2D eigenvalue weighted by molar-refractivity contribution is 9.10. The largest absolute Gasteiger partial charge is 0.353 e. The molecule has 1 aliphatic rings. The third kappa shape index (κ3) is 2.63. The molecule has 0 radical (unpaired) electrons. The van der Waals surface area contributed by atoms with Gasteiger partial charge in [0.15, 0.2) is 0 Å². The van der Waals surface area contributed by atoms with E-state index < -0.39 is 0 Å². The Morgan fingerprint density at radius 2 is 2.20 bits per heavy atom. The second-order valence-corrected chi connectivity index (χ2v) is 5.81. The number of aromatic amines is 1. The summed E-state index contributed by atoms with van der Waals surface area (Å²) in [5.74, 6) is -0.346. The van der Waals surface area contributed by atoms with Crippen LogP contribution in [0.1, 0.15) is 16.8 Å². The van der Waals surface area contributed by atoms with Gasteiger partial charge in [0.25, 0.3) is 0 Å². The zero-order chi connectivity index (χ0) is 14.1. The number of hydrogen-bond acceptors (Lipinski definition) is 1. The number of halogens is 2. The third-order valence-corrected chi connectivity index (χ3v) is 4.03. The van der Waals surface area contributed by atoms with Crippen LogP contribution in [-0.4, -0.2) is 22.3 Å². The molecule has 104 valence electrons. The van der Waals surface area contributed by atoms with Crippen LogP contribution in [0.2, 0.25) is 0 Å². The molecule has 0 spiro atoms. The van der Waals surface area contributed by atoms with E-state index in [1.807, 2.05) is 6.07 Å². The molecule has 1 aromatic carbocycles. The predicted octanol–water partition coefficient (Wildman–Crippen LogP) is 3.04. The highest BCUT2D eigenvalue weighted by Gasteiger charge is 2.22. The van der Waals surface area contributed by atoms with Crippen molar-refractivity contribution in [2.24, 2.45) is 0 Å². The quantitative estimate of drug-likeness (QED) is 0.898. The lowest BCUT2D eigenvalue weighted by Crippen LogP contribution is -2.36. The lowest BCUT2D eigenvalue weighted by molar-refractivity contribution is -0.131. The van der Waals surface area contributed by atoms with Crippen LogP contribution in [0.4, 0.5) is 4.39 Å². The van der Waals surface area contributed by atoms with Gasteiger partial charge in [-0.15, -0.1) is 0 Å². The van der Waals surface area contributed by atoms with Crippen LogP contribution in [0.15, 0.2) is 34.9 Å². The van der Waals surface area contributed by atoms with E-state index in [1.54, 1.807) is 23.1 Å². The van der Waals surface area contributed by atoms with Crippen molar-refractivity contribution in [3.63, 3.8) is 0 Å². The van der Waals surface area contributed by atoms with Gasteiger partial charge >= 0.3 is 0 Å². The van der Waals surface area contributed by atoms with Crippen LogP contribution in [0, 0.1) is 5.82 Å². The van der Waals surface area contributed by atoms with E-state index in [0.717, 1.165) is 16.6 Å². The minimum Gasteiger partial charge on any atom is -0.353 e. The van der Waals surface area contributed by atoms with Crippen LogP contribution < -0.4 is 0 Å². The van der Waals surface area contributed by atoms with Gasteiger partial charge in [-0.05, 0) is 39.2 Å². The molecule has 3 nitrogen and oxygen atoms in total. The van der Waals surface area contributed by atoms with Gasteiger partial charge in [0, 0.05) is 25.2 Å². The number of H-pyrrole nitrogens is 1. The van der Waals surface area contributed by atoms with Gasteiger partial charge in [-0.3, -0.25) is 4.79 Å². The smallest absolute Gasteiger partial charge is 0.227 e. The fourth-order valence-electron chi connectivity index (χ4n) is 2.53. The maximum Gasteiger partial charge on any atom is 0.227 e. The van der Waals surface area contributed by atoms with Crippen LogP contribution in [-0.2, 0) is 24.2 Å². The van der Waals surface area contributed by atoms with Crippen molar-refractivity contribution >= 4 is 21.8 Å². The number of carbonyl (C=O) groups excluding carboxylic acids is 1. The topological polar surface area (TPSA) is 36.1 Å². The molecule has 1 amide bonds. The lowest BCUT2D eigenvalue weighted by atomic mass is 10.1. The molecule has 0 saturated carbocycles. The number of fused-ring (bicyclic) bond motifs is 1. The minimum atomic E-state index is -0.317. The monoisotopic (exact) mass is 336 g/mol. The molecule has 0 unspecified atom stereocenters. The number of amides is 1. The minimum absolute atomic E-state index is 0.0296. The first-order chi connectivity index (χ1) is 9.63. The summed E-state index contributed by atoms with van der Waals surface area (Å²) in [4.78, 5) is 17.3. The Balaban J connectivity index is 1.72. The van der Waals surface area contributed by atoms with Crippen molar-refractivity contribution in [2.45, 2.75) is 19.4 Å². The number of carbonyl (C=O) groups is 1. The molecule has 0 atom stereocenters. The number of nitrogens with one attached hydrogen (secondary N) is 1. The second kappa shape index (κ2) is 5.40. The van der Waals surface area contributed by atoms with E-state index in [2.05, 4.69) is 20.9 Å². The molecular formula is C15H14BrFN2O. The summed E-state index contributed by atoms with van der Waals surface area (Å²) < 4.78 is 14.5. The van der Waals surface area contributed by atoms with E-state index in [-0.39, 0.29) is 18.1 Å². The standard InChI is InChI=1S/C15H14BrFN2O/c16-14-7-11-9-19(6-5-13(11)18-14)15(20)8-10-3-1-2-4-12(10)17/h1-4,7,18H,5-6,8-9H2. The van der Waals surface area contributed by atoms with Gasteiger partial charge in [-0.25, -0.2) is 4.39 Å². The first-order valence-electron chi connectivity index (χ1n) is 6.51. The van der Waals surface area contributed by atoms with Gasteiger partial charge in [0.1, 0.15) is 5.82 Å². The molecule has 1 aromatic heterocycles. The fourth-order valence-corrected chi connectivity index (χ4v) is 3.04. The molecule has 0 saturated heterocycles. The normalized spacial score (nSPS) is 14.2. The average Bonchev–Trinajstić information content (AvgIpc) is 2.80. The molecule has 0 bridgehead atoms. The summed E-state index contributed by atoms with van der Waals surface area (Å²) in [6.45, 7) is 1.26. The highest BCUT2D eigenvalue weighted by atomic mass is 79.9. The summed E-state index contributed by atoms with van der Waals surface area (Å²) in [5.41, 5.74) is 2.76. The van der Waals surface area contributed by atoms with Crippen LogP contribution >= 0.6 is 15.9 Å². The van der Waals surface area contributed by atoms with Crippen LogP contribution in [0.25, 0.3) is 0 Å². The van der Waals surface area contributed by atoms with Gasteiger partial charge in [0.05, 0.1) is 11.0 Å². The molecule has 0 aliphatic carbocycles. The zero-order valence-corrected chi connectivity index (χ0v) is 12.4. The van der Waals surface area contributed by atoms with Crippen molar-refractivity contribution in [2.75, 3.05) is 6.54 Å². The summed E-state index contributed by atoms with van der Waals surface area (Å²) in [6, 6.07) is 8.44. The summed E-state index contributed by atoms with van der Waals surface area (Å²) in [5, 5.41) is 0. The maximum absolute atomic E-state index is 13.6. The van der Waals surface area contributed by atoms with Gasteiger partial charge in [0.2, 0.25) is 5.91 Å². The van der Waals surface area contributed by atoms with Gasteiger partial charge < -0.3 is 9.88 Å². The van der Waals surface area contributed by atoms with Crippen molar-refractivity contribution < 1.29 is 9.18 Å². The van der Waals surface area contributed by atoms with Gasteiger partial charge in [-0.1, -0.05) is 18.2 Å². The molecule has 1 aliphatic heterocycles. The summed E-state index contributed by atoms with van der Waals surface area (Å²) in [7, 11) is 0. The van der Waals surface area contributed by atoms with Crippen molar-refractivity contribution in [3.8, 4) is 0 Å². The Labute approximate surface area is 124 Å². The lowest BCUT2D eigenvalue weighted by Gasteiger charge is -2.27. The van der Waals surface area contributed by atoms with E-state index in [1.165, 1.54) is 11.8 Å². The Kier molecular flexibility index (Phi) is 3.61. The second-order valence-electron chi connectivity index (χ2n) is 4.95.